The van der Waals surface area contributed by atoms with Gasteiger partial charge in [-0.25, -0.2) is 13.4 Å². The molecule has 1 atom stereocenters. The molecule has 4 rings (SSSR count). The van der Waals surface area contributed by atoms with Gasteiger partial charge in [-0.05, 0) is 59.7 Å². The molecule has 0 spiro atoms. The second kappa shape index (κ2) is 9.20. The third kappa shape index (κ3) is 4.33. The van der Waals surface area contributed by atoms with E-state index in [1.165, 1.54) is 25.3 Å². The summed E-state index contributed by atoms with van der Waals surface area (Å²) in [5.74, 6) is 0.717. The van der Waals surface area contributed by atoms with Crippen molar-refractivity contribution in [3.05, 3.63) is 95.3 Å². The molecule has 3 aromatic rings. The Morgan fingerprint density at radius 2 is 1.62 bits per heavy atom. The second-order valence-corrected chi connectivity index (χ2v) is 8.21. The Morgan fingerprint density at radius 3 is 2.28 bits per heavy atom. The van der Waals surface area contributed by atoms with Crippen molar-refractivity contribution in [2.24, 2.45) is 0 Å². The van der Waals surface area contributed by atoms with Crippen LogP contribution >= 0.6 is 0 Å². The normalized spacial score (nSPS) is 15.0. The third-order valence-electron chi connectivity index (χ3n) is 4.84. The number of methoxy groups -OCH3 is 2. The maximum atomic E-state index is 13.5. The van der Waals surface area contributed by atoms with Crippen molar-refractivity contribution in [2.45, 2.75) is 4.90 Å². The van der Waals surface area contributed by atoms with Gasteiger partial charge in [-0.3, -0.25) is 0 Å². The summed E-state index contributed by atoms with van der Waals surface area (Å²) in [4.78, 5) is 12.3. The maximum absolute atomic E-state index is 13.5. The molecule has 1 heterocycles. The highest BCUT2D eigenvalue weighted by atomic mass is 32.2. The minimum atomic E-state index is -1.53. The molecule has 32 heavy (non-hydrogen) atoms. The summed E-state index contributed by atoms with van der Waals surface area (Å²) in [6, 6.07) is 18.2. The monoisotopic (exact) mass is 450 g/mol. The lowest BCUT2D eigenvalue weighted by molar-refractivity contribution is -0.134. The number of carbonyl (C=O) groups excluding carboxylic acids is 1. The average Bonchev–Trinajstić information content (AvgIpc) is 3.09. The van der Waals surface area contributed by atoms with Gasteiger partial charge < -0.3 is 14.2 Å². The highest BCUT2D eigenvalue weighted by Gasteiger charge is 2.32. The molecule has 3 aromatic carbocycles. The van der Waals surface area contributed by atoms with Gasteiger partial charge in [0.05, 0.1) is 34.8 Å². The Morgan fingerprint density at radius 1 is 0.938 bits per heavy atom. The largest absolute Gasteiger partial charge is 0.497 e. The van der Waals surface area contributed by atoms with Crippen LogP contribution in [-0.4, -0.2) is 24.4 Å². The van der Waals surface area contributed by atoms with E-state index in [9.17, 15) is 13.4 Å². The molecule has 0 fully saturated rings. The van der Waals surface area contributed by atoms with Crippen molar-refractivity contribution < 1.29 is 27.6 Å². The molecular weight excluding hydrogens is 431 g/mol. The highest BCUT2D eigenvalue weighted by molar-refractivity contribution is 7.95. The number of hydrogen-bond donors (Lipinski definition) is 0. The van der Waals surface area contributed by atoms with Crippen molar-refractivity contribution in [1.29, 1.82) is 0 Å². The molecule has 0 radical (unpaired) electrons. The molecule has 7 heteroatoms. The van der Waals surface area contributed by atoms with E-state index in [1.54, 1.807) is 67.8 Å². The minimum absolute atomic E-state index is 0.379. The second-order valence-electron chi connectivity index (χ2n) is 6.82. The molecule has 1 aliphatic rings. The van der Waals surface area contributed by atoms with E-state index in [4.69, 9.17) is 9.47 Å². The Kier molecular flexibility index (Phi) is 6.18. The molecule has 0 saturated carbocycles. The molecule has 0 bridgehead atoms. The van der Waals surface area contributed by atoms with Crippen molar-refractivity contribution in [3.8, 4) is 11.5 Å². The Bertz CT molecular complexity index is 1240. The van der Waals surface area contributed by atoms with Crippen molar-refractivity contribution in [1.82, 2.24) is 0 Å². The van der Waals surface area contributed by atoms with Gasteiger partial charge in [0.2, 0.25) is 0 Å². The van der Waals surface area contributed by atoms with E-state index >= 15 is 0 Å². The summed E-state index contributed by atoms with van der Waals surface area (Å²) in [5, 5.41) is 0. The predicted molar refractivity (Wildman–Crippen MR) is 121 cm³/mol. The minimum Gasteiger partial charge on any atom is -0.497 e. The lowest BCUT2D eigenvalue weighted by atomic mass is 10.1. The van der Waals surface area contributed by atoms with E-state index < -0.39 is 16.8 Å². The zero-order valence-electron chi connectivity index (χ0n) is 17.3. The maximum Gasteiger partial charge on any atom is 0.330 e. The van der Waals surface area contributed by atoms with Crippen LogP contribution in [0.2, 0.25) is 0 Å². The number of carbonyl (C=O) groups is 1. The zero-order chi connectivity index (χ0) is 22.7. The summed E-state index contributed by atoms with van der Waals surface area (Å²) < 4.78 is 42.9. The first-order valence-electron chi connectivity index (χ1n) is 9.64. The number of hydrogen-bond acceptors (Lipinski definition) is 5. The van der Waals surface area contributed by atoms with Gasteiger partial charge in [0, 0.05) is 11.6 Å². The average molecular weight is 450 g/mol. The third-order valence-corrected chi connectivity index (χ3v) is 6.37. The number of halogens is 1. The van der Waals surface area contributed by atoms with E-state index in [2.05, 4.69) is 4.74 Å². The van der Waals surface area contributed by atoms with Crippen LogP contribution < -0.4 is 9.47 Å². The van der Waals surface area contributed by atoms with Crippen LogP contribution in [0.3, 0.4) is 0 Å². The topological polar surface area (TPSA) is 61.8 Å². The lowest BCUT2D eigenvalue weighted by Crippen LogP contribution is -1.97. The quantitative estimate of drug-likeness (QED) is 0.389. The molecule has 0 amide bonds. The molecule has 1 aliphatic heterocycles. The van der Waals surface area contributed by atoms with Crippen molar-refractivity contribution in [3.63, 3.8) is 0 Å². The van der Waals surface area contributed by atoms with Gasteiger partial charge >= 0.3 is 5.97 Å². The summed E-state index contributed by atoms with van der Waals surface area (Å²) >= 11 is 0. The van der Waals surface area contributed by atoms with E-state index in [-0.39, 0.29) is 5.82 Å². The van der Waals surface area contributed by atoms with Crippen molar-refractivity contribution in [2.75, 3.05) is 14.2 Å². The van der Waals surface area contributed by atoms with Gasteiger partial charge in [-0.1, -0.05) is 24.3 Å². The fraction of sp³-hybridized carbons (Fsp3) is 0.0800. The summed E-state index contributed by atoms with van der Waals surface area (Å²) in [6.45, 7) is 0. The van der Waals surface area contributed by atoms with Gasteiger partial charge in [-0.15, -0.1) is 0 Å². The zero-order valence-corrected chi connectivity index (χ0v) is 18.1. The van der Waals surface area contributed by atoms with Crippen LogP contribution in [0.25, 0.3) is 16.7 Å². The molecule has 1 unspecified atom stereocenters. The molecule has 0 saturated heterocycles. The van der Waals surface area contributed by atoms with E-state index in [0.717, 1.165) is 5.56 Å². The van der Waals surface area contributed by atoms with E-state index in [0.29, 0.717) is 38.2 Å². The fourth-order valence-corrected chi connectivity index (χ4v) is 4.70. The first kappa shape index (κ1) is 21.5. The van der Waals surface area contributed by atoms with Gasteiger partial charge in [0.15, 0.2) is 5.76 Å². The first-order chi connectivity index (χ1) is 15.5. The molecule has 0 aromatic heterocycles. The lowest BCUT2D eigenvalue weighted by Gasteiger charge is -2.11. The molecular formula is C25H19FO5S. The van der Waals surface area contributed by atoms with E-state index in [1.807, 2.05) is 0 Å². The summed E-state index contributed by atoms with van der Waals surface area (Å²) in [5.41, 5.74) is 2.07. The highest BCUT2D eigenvalue weighted by Crippen LogP contribution is 2.44. The van der Waals surface area contributed by atoms with Gasteiger partial charge in [-0.2, -0.15) is 0 Å². The SMILES string of the molecule is COC(=O)/C=C/c1ccc(OC2=C(c3ccc(F)cc3)S(=O)c3cc(OC)ccc32)cc1. The number of benzene rings is 3. The number of esters is 1. The predicted octanol–water partition coefficient (Wildman–Crippen LogP) is 5.05. The van der Waals surface area contributed by atoms with Crippen LogP contribution in [0.15, 0.2) is 77.7 Å². The summed E-state index contributed by atoms with van der Waals surface area (Å²) in [7, 11) is 1.32. The Labute approximate surface area is 187 Å². The Hall–Kier alpha value is -3.71. The molecule has 5 nitrogen and oxygen atoms in total. The van der Waals surface area contributed by atoms with Crippen LogP contribution in [0, 0.1) is 5.82 Å². The van der Waals surface area contributed by atoms with Crippen LogP contribution in [-0.2, 0) is 20.3 Å². The fourth-order valence-electron chi connectivity index (χ4n) is 3.22. The van der Waals surface area contributed by atoms with Crippen LogP contribution in [0.1, 0.15) is 16.7 Å². The van der Waals surface area contributed by atoms with Gasteiger partial charge in [0.25, 0.3) is 0 Å². The standard InChI is InChI=1S/C25H19FO5S/c1-29-20-12-13-21-22(15-20)32(28)25(17-6-8-18(26)9-7-17)24(21)31-19-10-3-16(4-11-19)5-14-23(27)30-2/h3-15H,1-2H3/b14-5+. The number of fused-ring (bicyclic) bond motifs is 1. The van der Waals surface area contributed by atoms with Crippen molar-refractivity contribution >= 4 is 33.5 Å². The van der Waals surface area contributed by atoms with Crippen LogP contribution in [0.4, 0.5) is 4.39 Å². The van der Waals surface area contributed by atoms with Gasteiger partial charge in [0.1, 0.15) is 17.3 Å². The molecule has 0 aliphatic carbocycles. The molecule has 0 N–H and O–H groups in total. The van der Waals surface area contributed by atoms with Crippen LogP contribution in [0.5, 0.6) is 11.5 Å². The number of ether oxygens (including phenoxy) is 3. The summed E-state index contributed by atoms with van der Waals surface area (Å²) in [6.07, 6.45) is 2.96. The Balaban J connectivity index is 1.73. The number of rotatable bonds is 6. The molecule has 162 valence electrons. The first-order valence-corrected chi connectivity index (χ1v) is 10.8. The smallest absolute Gasteiger partial charge is 0.330 e.